The fraction of sp³-hybridized carbons (Fsp3) is 0.200. The van der Waals surface area contributed by atoms with Crippen LogP contribution < -0.4 is 0 Å². The molecule has 0 aliphatic carbocycles. The van der Waals surface area contributed by atoms with Crippen LogP contribution in [0.3, 0.4) is 0 Å². The predicted molar refractivity (Wildman–Crippen MR) is 115 cm³/mol. The number of hydrogen-bond acceptors (Lipinski definition) is 3. The smallest absolute Gasteiger partial charge is 0.254 e. The number of benzene rings is 3. The molecule has 4 rings (SSSR count). The standard InChI is InChI=1S/C25H22F2N2O2/c1-17-9-11-18(12-10-17)24-14-22(31-28-24)16-29(15-20-5-2-3-8-23(20)27)25(30)19-6-4-7-21(26)13-19/h2-13,22H,14-16H2,1H3/t22-/m0/s1. The minimum atomic E-state index is -0.501. The van der Waals surface area contributed by atoms with E-state index >= 15 is 0 Å². The van der Waals surface area contributed by atoms with Crippen molar-refractivity contribution >= 4 is 11.6 Å². The zero-order chi connectivity index (χ0) is 21.8. The molecule has 1 aliphatic heterocycles. The molecule has 0 aromatic heterocycles. The third-order valence-corrected chi connectivity index (χ3v) is 5.22. The van der Waals surface area contributed by atoms with Gasteiger partial charge < -0.3 is 9.74 Å². The van der Waals surface area contributed by atoms with Gasteiger partial charge in [-0.1, -0.05) is 59.3 Å². The number of oxime groups is 1. The van der Waals surface area contributed by atoms with E-state index in [1.54, 1.807) is 24.3 Å². The second-order valence-corrected chi connectivity index (χ2v) is 7.62. The Morgan fingerprint density at radius 2 is 1.84 bits per heavy atom. The fourth-order valence-corrected chi connectivity index (χ4v) is 3.54. The van der Waals surface area contributed by atoms with Crippen molar-refractivity contribution in [2.24, 2.45) is 5.16 Å². The summed E-state index contributed by atoms with van der Waals surface area (Å²) in [6, 6.07) is 19.7. The summed E-state index contributed by atoms with van der Waals surface area (Å²) in [5.74, 6) is -1.29. The molecule has 3 aromatic rings. The maximum atomic E-state index is 14.3. The molecule has 0 saturated heterocycles. The number of halogens is 2. The number of carbonyl (C=O) groups is 1. The number of amides is 1. The van der Waals surface area contributed by atoms with Crippen LogP contribution in [0.4, 0.5) is 8.78 Å². The highest BCUT2D eigenvalue weighted by Crippen LogP contribution is 2.21. The van der Waals surface area contributed by atoms with Gasteiger partial charge in [0.25, 0.3) is 5.91 Å². The highest BCUT2D eigenvalue weighted by atomic mass is 19.1. The Labute approximate surface area is 179 Å². The van der Waals surface area contributed by atoms with Crippen molar-refractivity contribution in [3.8, 4) is 0 Å². The van der Waals surface area contributed by atoms with Crippen LogP contribution in [0.1, 0.15) is 33.5 Å². The summed E-state index contributed by atoms with van der Waals surface area (Å²) < 4.78 is 27.9. The molecule has 0 unspecified atom stereocenters. The monoisotopic (exact) mass is 420 g/mol. The van der Waals surface area contributed by atoms with Gasteiger partial charge in [0.05, 0.1) is 12.3 Å². The summed E-state index contributed by atoms with van der Waals surface area (Å²) in [4.78, 5) is 20.2. The van der Waals surface area contributed by atoms with Gasteiger partial charge in [0, 0.05) is 24.1 Å². The van der Waals surface area contributed by atoms with E-state index in [9.17, 15) is 13.6 Å². The van der Waals surface area contributed by atoms with Crippen molar-refractivity contribution in [1.29, 1.82) is 0 Å². The summed E-state index contributed by atoms with van der Waals surface area (Å²) in [6.45, 7) is 2.25. The van der Waals surface area contributed by atoms with Crippen LogP contribution in [0.2, 0.25) is 0 Å². The number of rotatable bonds is 6. The van der Waals surface area contributed by atoms with Crippen molar-refractivity contribution in [2.45, 2.75) is 26.0 Å². The molecule has 0 fully saturated rings. The van der Waals surface area contributed by atoms with E-state index in [4.69, 9.17) is 4.84 Å². The van der Waals surface area contributed by atoms with Crippen molar-refractivity contribution in [2.75, 3.05) is 6.54 Å². The number of nitrogens with zero attached hydrogens (tertiary/aromatic N) is 2. The Kier molecular flexibility index (Phi) is 6.07. The van der Waals surface area contributed by atoms with Gasteiger partial charge in [-0.05, 0) is 36.8 Å². The second-order valence-electron chi connectivity index (χ2n) is 7.62. The molecule has 0 spiro atoms. The van der Waals surface area contributed by atoms with E-state index in [-0.39, 0.29) is 24.8 Å². The Balaban J connectivity index is 1.53. The number of aryl methyl sites for hydroxylation is 1. The first-order valence-electron chi connectivity index (χ1n) is 10.1. The van der Waals surface area contributed by atoms with Crippen LogP contribution in [0.5, 0.6) is 0 Å². The molecule has 3 aromatic carbocycles. The van der Waals surface area contributed by atoms with Gasteiger partial charge >= 0.3 is 0 Å². The molecule has 1 atom stereocenters. The number of carbonyl (C=O) groups excluding carboxylic acids is 1. The second kappa shape index (κ2) is 9.08. The largest absolute Gasteiger partial charge is 0.390 e. The Bertz CT molecular complexity index is 1110. The summed E-state index contributed by atoms with van der Waals surface area (Å²) in [6.07, 6.45) is 0.147. The third kappa shape index (κ3) is 4.97. The van der Waals surface area contributed by atoms with Gasteiger partial charge in [-0.2, -0.15) is 0 Å². The quantitative estimate of drug-likeness (QED) is 0.556. The first-order valence-corrected chi connectivity index (χ1v) is 10.1. The zero-order valence-electron chi connectivity index (χ0n) is 17.1. The summed E-state index contributed by atoms with van der Waals surface area (Å²) in [5, 5.41) is 4.19. The lowest BCUT2D eigenvalue weighted by Gasteiger charge is -2.25. The van der Waals surface area contributed by atoms with E-state index < -0.39 is 17.5 Å². The van der Waals surface area contributed by atoms with Crippen LogP contribution in [-0.4, -0.2) is 29.2 Å². The Morgan fingerprint density at radius 3 is 2.58 bits per heavy atom. The lowest BCUT2D eigenvalue weighted by Crippen LogP contribution is -2.37. The van der Waals surface area contributed by atoms with Crippen LogP contribution in [0.15, 0.2) is 78.0 Å². The third-order valence-electron chi connectivity index (χ3n) is 5.22. The Hall–Kier alpha value is -3.54. The predicted octanol–water partition coefficient (Wildman–Crippen LogP) is 5.11. The number of hydrogen-bond donors (Lipinski definition) is 0. The molecule has 1 aliphatic rings. The SMILES string of the molecule is Cc1ccc(C2=NO[C@H](CN(Cc3ccccc3F)C(=O)c3cccc(F)c3)C2)cc1. The van der Waals surface area contributed by atoms with Gasteiger partial charge in [-0.15, -0.1) is 0 Å². The summed E-state index contributed by atoms with van der Waals surface area (Å²) in [7, 11) is 0. The average molecular weight is 420 g/mol. The van der Waals surface area contributed by atoms with Crippen molar-refractivity contribution in [3.63, 3.8) is 0 Å². The first-order chi connectivity index (χ1) is 15.0. The lowest BCUT2D eigenvalue weighted by molar-refractivity contribution is 0.0402. The molecule has 1 heterocycles. The molecular weight excluding hydrogens is 398 g/mol. The summed E-state index contributed by atoms with van der Waals surface area (Å²) in [5.41, 5.74) is 3.50. The lowest BCUT2D eigenvalue weighted by atomic mass is 10.0. The molecule has 0 saturated carbocycles. The van der Waals surface area contributed by atoms with Crippen LogP contribution in [0.25, 0.3) is 0 Å². The fourth-order valence-electron chi connectivity index (χ4n) is 3.54. The van der Waals surface area contributed by atoms with Gasteiger partial charge in [0.2, 0.25) is 0 Å². The first kappa shape index (κ1) is 20.7. The van der Waals surface area contributed by atoms with E-state index in [0.717, 1.165) is 16.8 Å². The van der Waals surface area contributed by atoms with E-state index in [0.29, 0.717) is 12.0 Å². The molecule has 0 N–H and O–H groups in total. The van der Waals surface area contributed by atoms with Crippen LogP contribution in [0, 0.1) is 18.6 Å². The molecule has 31 heavy (non-hydrogen) atoms. The van der Waals surface area contributed by atoms with E-state index in [1.165, 1.54) is 29.2 Å². The summed E-state index contributed by atoms with van der Waals surface area (Å²) >= 11 is 0. The van der Waals surface area contributed by atoms with Crippen molar-refractivity contribution in [1.82, 2.24) is 4.90 Å². The van der Waals surface area contributed by atoms with Crippen LogP contribution in [-0.2, 0) is 11.4 Å². The molecule has 158 valence electrons. The van der Waals surface area contributed by atoms with Gasteiger partial charge in [0.15, 0.2) is 6.10 Å². The molecule has 1 amide bonds. The molecule has 0 radical (unpaired) electrons. The van der Waals surface area contributed by atoms with Gasteiger partial charge in [-0.3, -0.25) is 4.79 Å². The van der Waals surface area contributed by atoms with Crippen molar-refractivity contribution < 1.29 is 18.4 Å². The zero-order valence-corrected chi connectivity index (χ0v) is 17.1. The van der Waals surface area contributed by atoms with E-state index in [2.05, 4.69) is 5.16 Å². The minimum absolute atomic E-state index is 0.0434. The highest BCUT2D eigenvalue weighted by Gasteiger charge is 2.28. The highest BCUT2D eigenvalue weighted by molar-refractivity contribution is 6.01. The van der Waals surface area contributed by atoms with E-state index in [1.807, 2.05) is 31.2 Å². The maximum Gasteiger partial charge on any atom is 0.254 e. The normalized spacial score (nSPS) is 15.3. The Morgan fingerprint density at radius 1 is 1.06 bits per heavy atom. The molecule has 6 heteroatoms. The average Bonchev–Trinajstić information content (AvgIpc) is 3.23. The van der Waals surface area contributed by atoms with Gasteiger partial charge in [-0.25, -0.2) is 8.78 Å². The minimum Gasteiger partial charge on any atom is -0.390 e. The van der Waals surface area contributed by atoms with Crippen LogP contribution >= 0.6 is 0 Å². The van der Waals surface area contributed by atoms with Crippen molar-refractivity contribution in [3.05, 3.63) is 107 Å². The molecule has 0 bridgehead atoms. The topological polar surface area (TPSA) is 41.9 Å². The molecule has 4 nitrogen and oxygen atoms in total. The van der Waals surface area contributed by atoms with Gasteiger partial charge in [0.1, 0.15) is 11.6 Å². The maximum absolute atomic E-state index is 14.3. The molecular formula is C25H22F2N2O2.